The van der Waals surface area contributed by atoms with Gasteiger partial charge in [-0.25, -0.2) is 4.79 Å². The number of rotatable bonds is 10. The Morgan fingerprint density at radius 2 is 1.72 bits per heavy atom. The van der Waals surface area contributed by atoms with Gasteiger partial charge in [-0.3, -0.25) is 4.79 Å². The molecule has 0 heterocycles. The normalized spacial score (nSPS) is 14.1. The van der Waals surface area contributed by atoms with Crippen molar-refractivity contribution in [2.24, 2.45) is 5.92 Å². The Balaban J connectivity index is 1.65. The predicted molar refractivity (Wildman–Crippen MR) is 121 cm³/mol. The molecule has 2 aromatic carbocycles. The van der Waals surface area contributed by atoms with Crippen LogP contribution in [0.15, 0.2) is 48.2 Å². The number of carbonyl (C=O) groups excluding carboxylic acids is 1. The lowest BCUT2D eigenvalue weighted by Crippen LogP contribution is -2.27. The second-order valence-electron chi connectivity index (χ2n) is 7.76. The number of hydrogen-bond acceptors (Lipinski definition) is 5. The molecule has 0 unspecified atom stereocenters. The third-order valence-corrected chi connectivity index (χ3v) is 5.54. The van der Waals surface area contributed by atoms with Gasteiger partial charge in [-0.05, 0) is 48.2 Å². The zero-order valence-corrected chi connectivity index (χ0v) is 18.4. The third-order valence-electron chi connectivity index (χ3n) is 5.54. The van der Waals surface area contributed by atoms with Gasteiger partial charge in [0.1, 0.15) is 11.4 Å². The highest BCUT2D eigenvalue weighted by Gasteiger charge is 2.18. The molecule has 32 heavy (non-hydrogen) atoms. The first-order valence-electron chi connectivity index (χ1n) is 10.7. The summed E-state index contributed by atoms with van der Waals surface area (Å²) in [6.45, 7) is 0. The van der Waals surface area contributed by atoms with Crippen LogP contribution in [0.2, 0.25) is 0 Å². The van der Waals surface area contributed by atoms with Crippen LogP contribution in [0.5, 0.6) is 23.0 Å². The second-order valence-corrected chi connectivity index (χ2v) is 7.76. The van der Waals surface area contributed by atoms with Crippen molar-refractivity contribution < 1.29 is 28.9 Å². The fourth-order valence-corrected chi connectivity index (χ4v) is 3.86. The van der Waals surface area contributed by atoms with E-state index in [2.05, 4.69) is 5.32 Å². The first-order valence-corrected chi connectivity index (χ1v) is 10.7. The van der Waals surface area contributed by atoms with Crippen molar-refractivity contribution in [2.45, 2.75) is 38.5 Å². The van der Waals surface area contributed by atoms with Crippen LogP contribution < -0.4 is 19.5 Å². The van der Waals surface area contributed by atoms with Crippen molar-refractivity contribution in [3.05, 3.63) is 53.7 Å². The first-order chi connectivity index (χ1) is 15.5. The lowest BCUT2D eigenvalue weighted by molar-refractivity contribution is -0.134. The van der Waals surface area contributed by atoms with Crippen LogP contribution in [-0.2, 0) is 9.59 Å². The average molecular weight is 440 g/mol. The van der Waals surface area contributed by atoms with Crippen molar-refractivity contribution in [1.82, 2.24) is 5.32 Å². The number of carbonyl (C=O) groups is 2. The van der Waals surface area contributed by atoms with E-state index >= 15 is 0 Å². The number of nitrogens with one attached hydrogen (secondary N) is 1. The van der Waals surface area contributed by atoms with Crippen LogP contribution in [0.1, 0.15) is 44.1 Å². The van der Waals surface area contributed by atoms with Gasteiger partial charge >= 0.3 is 5.97 Å². The molecule has 1 aliphatic carbocycles. The summed E-state index contributed by atoms with van der Waals surface area (Å²) >= 11 is 0. The molecule has 0 atom stereocenters. The summed E-state index contributed by atoms with van der Waals surface area (Å²) in [5.41, 5.74) is 0.480. The van der Waals surface area contributed by atoms with E-state index in [4.69, 9.17) is 14.2 Å². The molecule has 7 heteroatoms. The standard InChI is InChI=1S/C25H29NO6/c1-30-21-8-5-9-22(24(21)31-2)32-19-13-10-18(11-14-19)16-20(25(28)29)26-23(27)15-12-17-6-3-4-7-17/h5,8-11,13-14,16-17H,3-4,6-7,12,15H2,1-2H3,(H,26,27)(H,28,29). The Morgan fingerprint density at radius 3 is 2.34 bits per heavy atom. The molecular weight excluding hydrogens is 410 g/mol. The smallest absolute Gasteiger partial charge is 0.352 e. The molecule has 0 spiro atoms. The maximum Gasteiger partial charge on any atom is 0.352 e. The number of methoxy groups -OCH3 is 2. The largest absolute Gasteiger partial charge is 0.493 e. The highest BCUT2D eigenvalue weighted by molar-refractivity contribution is 5.96. The molecule has 0 bridgehead atoms. The van der Waals surface area contributed by atoms with Gasteiger partial charge in [-0.2, -0.15) is 0 Å². The fraction of sp³-hybridized carbons (Fsp3) is 0.360. The van der Waals surface area contributed by atoms with Gasteiger partial charge in [0.05, 0.1) is 14.2 Å². The maximum atomic E-state index is 12.2. The molecule has 1 amide bonds. The van der Waals surface area contributed by atoms with Crippen molar-refractivity contribution in [2.75, 3.05) is 14.2 Å². The molecule has 2 N–H and O–H groups in total. The minimum atomic E-state index is -1.18. The molecule has 2 aromatic rings. The van der Waals surface area contributed by atoms with Crippen LogP contribution in [0.3, 0.4) is 0 Å². The monoisotopic (exact) mass is 439 g/mol. The van der Waals surface area contributed by atoms with E-state index in [9.17, 15) is 14.7 Å². The molecule has 170 valence electrons. The predicted octanol–water partition coefficient (Wildman–Crippen LogP) is 5.01. The quantitative estimate of drug-likeness (QED) is 0.506. The molecule has 0 aromatic heterocycles. The summed E-state index contributed by atoms with van der Waals surface area (Å²) in [5.74, 6) is 1.21. The molecular formula is C25H29NO6. The van der Waals surface area contributed by atoms with E-state index in [-0.39, 0.29) is 11.6 Å². The summed E-state index contributed by atoms with van der Waals surface area (Å²) in [4.78, 5) is 23.8. The zero-order chi connectivity index (χ0) is 22.9. The lowest BCUT2D eigenvalue weighted by Gasteiger charge is -2.13. The topological polar surface area (TPSA) is 94.1 Å². The van der Waals surface area contributed by atoms with Gasteiger partial charge in [0.25, 0.3) is 0 Å². The highest BCUT2D eigenvalue weighted by Crippen LogP contribution is 2.39. The van der Waals surface area contributed by atoms with E-state index in [1.807, 2.05) is 0 Å². The van der Waals surface area contributed by atoms with Gasteiger partial charge in [0.2, 0.25) is 11.7 Å². The van der Waals surface area contributed by atoms with Gasteiger partial charge < -0.3 is 24.6 Å². The number of carboxylic acids is 1. The van der Waals surface area contributed by atoms with Crippen molar-refractivity contribution in [1.29, 1.82) is 0 Å². The molecule has 1 fully saturated rings. The average Bonchev–Trinajstić information content (AvgIpc) is 3.32. The van der Waals surface area contributed by atoms with E-state index in [0.717, 1.165) is 19.3 Å². The van der Waals surface area contributed by atoms with Crippen LogP contribution in [-0.4, -0.2) is 31.2 Å². The van der Waals surface area contributed by atoms with Gasteiger partial charge in [-0.15, -0.1) is 0 Å². The van der Waals surface area contributed by atoms with Crippen LogP contribution in [0.4, 0.5) is 0 Å². The Bertz CT molecular complexity index is 961. The Kier molecular flexibility index (Phi) is 8.14. The van der Waals surface area contributed by atoms with Crippen LogP contribution in [0.25, 0.3) is 6.08 Å². The Morgan fingerprint density at radius 1 is 1.03 bits per heavy atom. The number of hydrogen-bond donors (Lipinski definition) is 2. The molecule has 1 saturated carbocycles. The number of benzene rings is 2. The molecule has 0 aliphatic heterocycles. The molecule has 7 nitrogen and oxygen atoms in total. The van der Waals surface area contributed by atoms with E-state index < -0.39 is 5.97 Å². The molecule has 1 aliphatic rings. The van der Waals surface area contributed by atoms with Gasteiger partial charge in [0.15, 0.2) is 11.5 Å². The molecule has 3 rings (SSSR count). The van der Waals surface area contributed by atoms with Gasteiger partial charge in [-0.1, -0.05) is 43.9 Å². The Labute approximate surface area is 188 Å². The summed E-state index contributed by atoms with van der Waals surface area (Å²) in [6, 6.07) is 12.2. The maximum absolute atomic E-state index is 12.2. The van der Waals surface area contributed by atoms with E-state index in [1.54, 1.807) is 49.6 Å². The number of amides is 1. The van der Waals surface area contributed by atoms with E-state index in [0.29, 0.717) is 40.9 Å². The fourth-order valence-electron chi connectivity index (χ4n) is 3.86. The molecule has 0 radical (unpaired) electrons. The van der Waals surface area contributed by atoms with Crippen molar-refractivity contribution in [3.8, 4) is 23.0 Å². The summed E-state index contributed by atoms with van der Waals surface area (Å²) in [6.07, 6.45) is 7.33. The Hall–Kier alpha value is -3.48. The van der Waals surface area contributed by atoms with Crippen molar-refractivity contribution in [3.63, 3.8) is 0 Å². The third kappa shape index (κ3) is 6.26. The number of carboxylic acid groups (broad SMARTS) is 1. The summed E-state index contributed by atoms with van der Waals surface area (Å²) < 4.78 is 16.5. The summed E-state index contributed by atoms with van der Waals surface area (Å²) in [5, 5.41) is 12.0. The SMILES string of the molecule is COc1cccc(Oc2ccc(C=C(NC(=O)CCC3CCCC3)C(=O)O)cc2)c1OC. The number of aliphatic carboxylic acids is 1. The minimum Gasteiger partial charge on any atom is -0.493 e. The van der Waals surface area contributed by atoms with Crippen LogP contribution in [0, 0.1) is 5.92 Å². The lowest BCUT2D eigenvalue weighted by atomic mass is 10.0. The second kappa shape index (κ2) is 11.2. The van der Waals surface area contributed by atoms with Crippen molar-refractivity contribution >= 4 is 18.0 Å². The number of para-hydroxylation sites is 1. The summed E-state index contributed by atoms with van der Waals surface area (Å²) in [7, 11) is 3.09. The first kappa shape index (κ1) is 23.2. The minimum absolute atomic E-state index is 0.149. The molecule has 0 saturated heterocycles. The van der Waals surface area contributed by atoms with Gasteiger partial charge in [0, 0.05) is 6.42 Å². The van der Waals surface area contributed by atoms with Crippen LogP contribution >= 0.6 is 0 Å². The van der Waals surface area contributed by atoms with E-state index in [1.165, 1.54) is 26.0 Å². The highest BCUT2D eigenvalue weighted by atomic mass is 16.5. The number of ether oxygens (including phenoxy) is 3. The zero-order valence-electron chi connectivity index (χ0n) is 18.4.